The summed E-state index contributed by atoms with van der Waals surface area (Å²) in [5.74, 6) is 1.65. The highest BCUT2D eigenvalue weighted by Crippen LogP contribution is 2.53. The third-order valence-electron chi connectivity index (χ3n) is 20.1. The molecule has 7 aliphatic rings. The number of aliphatic hydroxyl groups excluding tert-OH is 1. The van der Waals surface area contributed by atoms with Crippen LogP contribution in [0.25, 0.3) is 0 Å². The molecule has 8 aromatic carbocycles. The van der Waals surface area contributed by atoms with Crippen molar-refractivity contribution in [2.24, 2.45) is 23.5 Å². The molecular formula is C84H99ClF3N9O6S4. The molecular weight excluding hydrogens is 1450 g/mol. The number of alkyl halides is 3. The molecule has 0 aliphatic carbocycles. The normalized spacial score (nSPS) is 16.9. The molecule has 107 heavy (non-hydrogen) atoms. The van der Waals surface area contributed by atoms with Gasteiger partial charge in [0.25, 0.3) is 0 Å². The Morgan fingerprint density at radius 3 is 1.53 bits per heavy atom. The van der Waals surface area contributed by atoms with E-state index in [9.17, 15) is 27.9 Å². The molecule has 3 saturated heterocycles. The van der Waals surface area contributed by atoms with Crippen LogP contribution in [0.1, 0.15) is 70.8 Å². The van der Waals surface area contributed by atoms with Crippen molar-refractivity contribution in [3.05, 3.63) is 187 Å². The molecule has 8 aromatic rings. The van der Waals surface area contributed by atoms with Crippen molar-refractivity contribution in [2.75, 3.05) is 146 Å². The van der Waals surface area contributed by atoms with Crippen LogP contribution in [-0.4, -0.2) is 169 Å². The summed E-state index contributed by atoms with van der Waals surface area (Å²) in [7, 11) is 5.74. The zero-order valence-electron chi connectivity index (χ0n) is 61.8. The van der Waals surface area contributed by atoms with Gasteiger partial charge in [-0.3, -0.25) is 4.79 Å². The van der Waals surface area contributed by atoms with Gasteiger partial charge in [-0.1, -0.05) is 140 Å². The number of halogens is 4. The number of rotatable bonds is 20. The zero-order valence-corrected chi connectivity index (χ0v) is 65.8. The fourth-order valence-corrected chi connectivity index (χ4v) is 19.3. The minimum Gasteiger partial charge on any atom is -0.497 e. The van der Waals surface area contributed by atoms with Gasteiger partial charge in [-0.25, -0.2) is 9.69 Å². The largest absolute Gasteiger partial charge is 0.497 e. The molecule has 0 bridgehead atoms. The maximum atomic E-state index is 13.2. The number of aliphatic hydroxyl groups is 1. The molecule has 2 atom stereocenters. The number of fused-ring (bicyclic) bond motifs is 8. The number of methoxy groups -OCH3 is 1. The summed E-state index contributed by atoms with van der Waals surface area (Å²) in [6, 6.07) is 57.4. The monoisotopic (exact) mass is 1550 g/mol. The standard InChI is InChI=1S/C22H26N2O3S.C22H28N2O2S.C21H24ClN3OS.C19H21F3N2S/c25-22(27-17-16-26-15-14-23-12-6-1-7-13-23)24-18-8-2-4-10-20(18)28-21-11-5-3-9-19(21)24;1-16(14-23-11-9-17(25)10-12-23)15-24-19-5-3-4-6-21(19)27-22-8-7-18(26-2)13-20(22)24;22-16-6-7-20-18(14-16)25(17-4-1-2-5-19(17)27-20)11-3-10-24-12-8-15(9-13-24)21(23)26;1-13(11-23(2)3)12-24-15-6-4-5-7-17(15)25-18-9-8-14(10-16(18)24)19(20,21)22/h2-5,8-11H,1,6-7,12-17H2;3-8,13,16-17,25H,9-12,14-15H2,1-2H3;1-2,4-7,14-15H,3,8-13H2,(H2,23,26);4-10,13H,11-12H2,1-3H3. The Hall–Kier alpha value is -7.06. The predicted molar refractivity (Wildman–Crippen MR) is 432 cm³/mol. The Labute approximate surface area is 651 Å². The average Bonchev–Trinajstić information content (AvgIpc) is 0.781. The highest BCUT2D eigenvalue weighted by molar-refractivity contribution is 8.00. The molecule has 0 spiro atoms. The average molecular weight is 1550 g/mol. The van der Waals surface area contributed by atoms with Gasteiger partial charge in [0.1, 0.15) is 12.4 Å². The molecule has 0 radical (unpaired) electrons. The molecule has 2 unspecified atom stereocenters. The van der Waals surface area contributed by atoms with E-state index in [1.165, 1.54) is 98.6 Å². The minimum atomic E-state index is -4.34. The van der Waals surface area contributed by atoms with Gasteiger partial charge in [0.2, 0.25) is 5.91 Å². The Morgan fingerprint density at radius 2 is 0.991 bits per heavy atom. The van der Waals surface area contributed by atoms with Gasteiger partial charge in [0, 0.05) is 109 Å². The maximum Gasteiger partial charge on any atom is 0.419 e. The van der Waals surface area contributed by atoms with E-state index in [4.69, 9.17) is 31.5 Å². The summed E-state index contributed by atoms with van der Waals surface area (Å²) in [5.41, 5.74) is 13.1. The molecule has 0 aromatic heterocycles. The van der Waals surface area contributed by atoms with E-state index in [0.717, 1.165) is 145 Å². The second-order valence-electron chi connectivity index (χ2n) is 28.6. The minimum absolute atomic E-state index is 0.0567. The van der Waals surface area contributed by atoms with Crippen molar-refractivity contribution < 1.29 is 42.1 Å². The maximum absolute atomic E-state index is 13.2. The van der Waals surface area contributed by atoms with E-state index in [0.29, 0.717) is 37.3 Å². The van der Waals surface area contributed by atoms with Crippen LogP contribution in [0.15, 0.2) is 215 Å². The summed E-state index contributed by atoms with van der Waals surface area (Å²) >= 11 is 13.1. The number of hydrogen-bond donors (Lipinski definition) is 2. The molecule has 3 fully saturated rings. The first-order valence-corrected chi connectivity index (χ1v) is 41.0. The first kappa shape index (κ1) is 79.5. The number of primary amides is 1. The molecule has 15 nitrogen and oxygen atoms in total. The van der Waals surface area contributed by atoms with Gasteiger partial charge in [0.05, 0.1) is 77.5 Å². The summed E-state index contributed by atoms with van der Waals surface area (Å²) in [5, 5.41) is 10.5. The number of carbonyl (C=O) groups is 2. The summed E-state index contributed by atoms with van der Waals surface area (Å²) in [6.07, 6.45) is 3.74. The number of amides is 2. The second-order valence-corrected chi connectivity index (χ2v) is 33.4. The molecule has 2 amide bonds. The SMILES string of the molecule is CC(CN(C)C)CN1c2ccccc2Sc2ccc(C(F)(F)F)cc21.COc1ccc2c(c1)N(CC(C)CN1CCC(O)CC1)c1ccccc1S2.NC(=O)C1CCN(CCCN2c3ccccc3Sc3ccc(Cl)cc32)CC1.O=C(OCCOCCN1CCCCC1)N1c2ccccc2Sc2ccccc21. The fourth-order valence-electron chi connectivity index (χ4n) is 14.8. The molecule has 7 heterocycles. The van der Waals surface area contributed by atoms with Crippen molar-refractivity contribution in [2.45, 2.75) is 117 Å². The second kappa shape index (κ2) is 38.0. The molecule has 15 rings (SSSR count). The van der Waals surface area contributed by atoms with E-state index >= 15 is 0 Å². The zero-order chi connectivity index (χ0) is 75.0. The van der Waals surface area contributed by atoms with Crippen LogP contribution in [0, 0.1) is 17.8 Å². The van der Waals surface area contributed by atoms with Crippen molar-refractivity contribution >= 4 is 116 Å². The van der Waals surface area contributed by atoms with Crippen molar-refractivity contribution in [1.82, 2.24) is 19.6 Å². The van der Waals surface area contributed by atoms with E-state index < -0.39 is 11.7 Å². The Kier molecular flexibility index (Phi) is 28.3. The smallest absolute Gasteiger partial charge is 0.419 e. The van der Waals surface area contributed by atoms with Gasteiger partial charge in [-0.2, -0.15) is 13.2 Å². The van der Waals surface area contributed by atoms with Gasteiger partial charge < -0.3 is 59.4 Å². The number of nitrogens with zero attached hydrogens (tertiary/aromatic N) is 8. The lowest BCUT2D eigenvalue weighted by Crippen LogP contribution is -2.40. The van der Waals surface area contributed by atoms with Crippen molar-refractivity contribution in [3.63, 3.8) is 0 Å². The van der Waals surface area contributed by atoms with Crippen LogP contribution in [0.2, 0.25) is 5.02 Å². The van der Waals surface area contributed by atoms with Gasteiger partial charge in [-0.05, 0) is 213 Å². The first-order valence-electron chi connectivity index (χ1n) is 37.4. The van der Waals surface area contributed by atoms with Gasteiger partial charge in [-0.15, -0.1) is 0 Å². The summed E-state index contributed by atoms with van der Waals surface area (Å²) < 4.78 is 56.2. The Bertz CT molecular complexity index is 4230. The third kappa shape index (κ3) is 21.1. The van der Waals surface area contributed by atoms with Gasteiger partial charge in [0.15, 0.2) is 0 Å². The summed E-state index contributed by atoms with van der Waals surface area (Å²) in [6.45, 7) is 18.6. The number of ether oxygens (including phenoxy) is 3. The van der Waals surface area contributed by atoms with E-state index in [1.54, 1.807) is 41.6 Å². The van der Waals surface area contributed by atoms with Crippen molar-refractivity contribution in [3.8, 4) is 5.75 Å². The number of piperidine rings is 3. The lowest BCUT2D eigenvalue weighted by molar-refractivity contribution is -0.137. The third-order valence-corrected chi connectivity index (χ3v) is 24.8. The lowest BCUT2D eigenvalue weighted by Gasteiger charge is -2.37. The van der Waals surface area contributed by atoms with Crippen LogP contribution in [-0.2, 0) is 20.4 Å². The predicted octanol–water partition coefficient (Wildman–Crippen LogP) is 19.4. The number of carbonyl (C=O) groups excluding carboxylic acids is 2. The highest BCUT2D eigenvalue weighted by atomic mass is 35.5. The van der Waals surface area contributed by atoms with Gasteiger partial charge >= 0.3 is 12.3 Å². The van der Waals surface area contributed by atoms with E-state index in [-0.39, 0.29) is 30.6 Å². The number of para-hydroxylation sites is 5. The Balaban J connectivity index is 0.000000134. The molecule has 23 heteroatoms. The fraction of sp³-hybridized carbons (Fsp3) is 0.405. The molecule has 3 N–H and O–H groups in total. The molecule has 7 aliphatic heterocycles. The lowest BCUT2D eigenvalue weighted by atomic mass is 9.96. The highest BCUT2D eigenvalue weighted by Gasteiger charge is 2.35. The van der Waals surface area contributed by atoms with Crippen LogP contribution < -0.4 is 30.1 Å². The van der Waals surface area contributed by atoms with Crippen LogP contribution >= 0.6 is 58.6 Å². The van der Waals surface area contributed by atoms with Crippen molar-refractivity contribution in [1.29, 1.82) is 0 Å². The summed E-state index contributed by atoms with van der Waals surface area (Å²) in [4.78, 5) is 51.3. The Morgan fingerprint density at radius 1 is 0.523 bits per heavy atom. The van der Waals surface area contributed by atoms with E-state index in [1.807, 2.05) is 116 Å². The number of benzene rings is 8. The number of likely N-dealkylation sites (tertiary alicyclic amines) is 3. The first-order chi connectivity index (χ1) is 51.8. The number of nitrogens with two attached hydrogens (primary N) is 1. The van der Waals surface area contributed by atoms with Crippen LogP contribution in [0.4, 0.5) is 63.5 Å². The topological polar surface area (TPSA) is 134 Å². The number of hydrogen-bond acceptors (Lipinski definition) is 17. The molecule has 0 saturated carbocycles. The molecule has 568 valence electrons. The van der Waals surface area contributed by atoms with Crippen LogP contribution in [0.3, 0.4) is 0 Å². The van der Waals surface area contributed by atoms with Crippen LogP contribution in [0.5, 0.6) is 5.75 Å². The number of anilines is 8. The quantitative estimate of drug-likeness (QED) is 0.0700. The van der Waals surface area contributed by atoms with E-state index in [2.05, 4.69) is 116 Å².